The zero-order chi connectivity index (χ0) is 17.6. The van der Waals surface area contributed by atoms with Gasteiger partial charge in [0.15, 0.2) is 0 Å². The molecular formula is C19H33N3O3. The van der Waals surface area contributed by atoms with E-state index in [9.17, 15) is 9.59 Å². The van der Waals surface area contributed by atoms with Gasteiger partial charge in [-0.05, 0) is 25.7 Å². The topological polar surface area (TPSA) is 53.1 Å². The minimum atomic E-state index is 0.141. The molecule has 3 fully saturated rings. The Labute approximate surface area is 151 Å². The lowest BCUT2D eigenvalue weighted by Crippen LogP contribution is -2.44. The van der Waals surface area contributed by atoms with E-state index in [4.69, 9.17) is 4.74 Å². The number of carbonyl (C=O) groups excluding carboxylic acids is 2. The number of rotatable bonds is 6. The number of hydrogen-bond acceptors (Lipinski definition) is 4. The number of morpholine rings is 1. The highest BCUT2D eigenvalue weighted by Crippen LogP contribution is 2.28. The molecule has 0 radical (unpaired) electrons. The fourth-order valence-electron chi connectivity index (χ4n) is 4.51. The van der Waals surface area contributed by atoms with Crippen LogP contribution in [0.2, 0.25) is 0 Å². The number of nitrogens with zero attached hydrogens (tertiary/aromatic N) is 3. The molecule has 25 heavy (non-hydrogen) atoms. The van der Waals surface area contributed by atoms with Crippen molar-refractivity contribution in [1.82, 2.24) is 14.7 Å². The summed E-state index contributed by atoms with van der Waals surface area (Å²) in [6.45, 7) is 8.64. The highest BCUT2D eigenvalue weighted by atomic mass is 16.5. The Morgan fingerprint density at radius 1 is 1.08 bits per heavy atom. The second-order valence-electron chi connectivity index (χ2n) is 7.73. The molecule has 0 aromatic carbocycles. The number of amides is 2. The third-order valence-corrected chi connectivity index (χ3v) is 6.00. The minimum Gasteiger partial charge on any atom is -0.379 e. The van der Waals surface area contributed by atoms with Gasteiger partial charge in [0.1, 0.15) is 0 Å². The molecule has 0 spiro atoms. The van der Waals surface area contributed by atoms with Crippen molar-refractivity contribution in [2.45, 2.75) is 51.5 Å². The van der Waals surface area contributed by atoms with Crippen molar-refractivity contribution in [3.8, 4) is 0 Å². The van der Waals surface area contributed by atoms with E-state index < -0.39 is 0 Å². The summed E-state index contributed by atoms with van der Waals surface area (Å²) in [6.07, 6.45) is 6.40. The highest BCUT2D eigenvalue weighted by molar-refractivity contribution is 5.79. The van der Waals surface area contributed by atoms with E-state index in [0.29, 0.717) is 5.91 Å². The van der Waals surface area contributed by atoms with Crippen LogP contribution >= 0.6 is 0 Å². The predicted octanol–water partition coefficient (Wildman–Crippen LogP) is 1.35. The molecule has 1 unspecified atom stereocenters. The van der Waals surface area contributed by atoms with Gasteiger partial charge in [0, 0.05) is 52.1 Å². The molecule has 6 nitrogen and oxygen atoms in total. The van der Waals surface area contributed by atoms with Gasteiger partial charge in [0.25, 0.3) is 0 Å². The summed E-state index contributed by atoms with van der Waals surface area (Å²) in [4.78, 5) is 31.2. The van der Waals surface area contributed by atoms with Gasteiger partial charge in [-0.15, -0.1) is 0 Å². The maximum atomic E-state index is 12.6. The summed E-state index contributed by atoms with van der Waals surface area (Å²) >= 11 is 0. The predicted molar refractivity (Wildman–Crippen MR) is 96.2 cm³/mol. The molecule has 0 bridgehead atoms. The second-order valence-corrected chi connectivity index (χ2v) is 7.73. The first-order chi connectivity index (χ1) is 12.1. The first kappa shape index (κ1) is 18.6. The van der Waals surface area contributed by atoms with E-state index in [-0.39, 0.29) is 17.9 Å². The fraction of sp³-hybridized carbons (Fsp3) is 0.895. The van der Waals surface area contributed by atoms with Crippen LogP contribution in [0.15, 0.2) is 0 Å². The average Bonchev–Trinajstić information content (AvgIpc) is 3.30. The monoisotopic (exact) mass is 351 g/mol. The number of carbonyl (C=O) groups is 2. The van der Waals surface area contributed by atoms with Gasteiger partial charge >= 0.3 is 0 Å². The van der Waals surface area contributed by atoms with E-state index >= 15 is 0 Å². The molecule has 0 aromatic heterocycles. The van der Waals surface area contributed by atoms with Crippen molar-refractivity contribution in [1.29, 1.82) is 0 Å². The molecule has 2 heterocycles. The quantitative estimate of drug-likeness (QED) is 0.725. The molecule has 1 saturated carbocycles. The summed E-state index contributed by atoms with van der Waals surface area (Å²) in [7, 11) is 0. The van der Waals surface area contributed by atoms with Gasteiger partial charge in [-0.3, -0.25) is 14.5 Å². The summed E-state index contributed by atoms with van der Waals surface area (Å²) in [5.74, 6) is 0.713. The molecule has 3 aliphatic rings. The first-order valence-corrected chi connectivity index (χ1v) is 10.0. The van der Waals surface area contributed by atoms with Crippen LogP contribution in [0.1, 0.15) is 45.4 Å². The van der Waals surface area contributed by atoms with Crippen LogP contribution in [0.5, 0.6) is 0 Å². The van der Waals surface area contributed by atoms with Crippen molar-refractivity contribution in [2.75, 3.05) is 52.5 Å². The van der Waals surface area contributed by atoms with E-state index in [1.165, 1.54) is 12.8 Å². The van der Waals surface area contributed by atoms with Crippen LogP contribution in [-0.2, 0) is 14.3 Å². The number of likely N-dealkylation sites (tertiary alicyclic amines) is 1. The zero-order valence-electron chi connectivity index (χ0n) is 15.6. The smallest absolute Gasteiger partial charge is 0.225 e. The lowest BCUT2D eigenvalue weighted by atomic mass is 10.1. The normalized spacial score (nSPS) is 25.5. The lowest BCUT2D eigenvalue weighted by Gasteiger charge is -2.31. The second kappa shape index (κ2) is 8.99. The van der Waals surface area contributed by atoms with E-state index in [1.54, 1.807) is 6.92 Å². The van der Waals surface area contributed by atoms with Gasteiger partial charge < -0.3 is 14.5 Å². The molecule has 2 aliphatic heterocycles. The van der Waals surface area contributed by atoms with Gasteiger partial charge in [-0.25, -0.2) is 0 Å². The van der Waals surface area contributed by atoms with Gasteiger partial charge in [0.05, 0.1) is 19.3 Å². The maximum Gasteiger partial charge on any atom is 0.225 e. The van der Waals surface area contributed by atoms with Crippen LogP contribution in [0.4, 0.5) is 0 Å². The minimum absolute atomic E-state index is 0.141. The van der Waals surface area contributed by atoms with E-state index in [1.807, 2.05) is 9.80 Å². The van der Waals surface area contributed by atoms with Crippen molar-refractivity contribution < 1.29 is 14.3 Å². The number of hydrogen-bond donors (Lipinski definition) is 0. The third-order valence-electron chi connectivity index (χ3n) is 6.00. The first-order valence-electron chi connectivity index (χ1n) is 10.0. The van der Waals surface area contributed by atoms with Crippen molar-refractivity contribution in [3.05, 3.63) is 0 Å². The summed E-state index contributed by atoms with van der Waals surface area (Å²) in [5.41, 5.74) is 0. The Balaban J connectivity index is 1.45. The van der Waals surface area contributed by atoms with Gasteiger partial charge in [-0.1, -0.05) is 12.8 Å². The van der Waals surface area contributed by atoms with Crippen LogP contribution in [0.3, 0.4) is 0 Å². The molecule has 2 amide bonds. The maximum absolute atomic E-state index is 12.6. The van der Waals surface area contributed by atoms with Crippen LogP contribution in [-0.4, -0.2) is 85.0 Å². The number of ether oxygens (including phenoxy) is 1. The Bertz CT molecular complexity index is 459. The van der Waals surface area contributed by atoms with Crippen molar-refractivity contribution >= 4 is 11.8 Å². The molecule has 142 valence electrons. The average molecular weight is 351 g/mol. The van der Waals surface area contributed by atoms with Crippen LogP contribution in [0, 0.1) is 5.92 Å². The van der Waals surface area contributed by atoms with Crippen LogP contribution in [0.25, 0.3) is 0 Å². The molecule has 0 N–H and O–H groups in total. The third kappa shape index (κ3) is 4.94. The SMILES string of the molecule is CC(=O)N(CCCN1CCOCC1)C1CCN(C(=O)C2CCCC2)C1. The van der Waals surface area contributed by atoms with Gasteiger partial charge in [0.2, 0.25) is 11.8 Å². The lowest BCUT2D eigenvalue weighted by molar-refractivity contribution is -0.136. The Kier molecular flexibility index (Phi) is 6.70. The summed E-state index contributed by atoms with van der Waals surface area (Å²) in [6, 6.07) is 0.201. The van der Waals surface area contributed by atoms with Crippen molar-refractivity contribution in [2.24, 2.45) is 5.92 Å². The molecule has 2 saturated heterocycles. The van der Waals surface area contributed by atoms with Crippen LogP contribution < -0.4 is 0 Å². The highest BCUT2D eigenvalue weighted by Gasteiger charge is 2.35. The Morgan fingerprint density at radius 3 is 2.48 bits per heavy atom. The molecule has 0 aromatic rings. The molecule has 6 heteroatoms. The molecule has 3 rings (SSSR count). The molecule has 1 aliphatic carbocycles. The standard InChI is InChI=1S/C19H33N3O3/c1-16(23)22(9-4-8-20-11-13-25-14-12-20)18-7-10-21(15-18)19(24)17-5-2-3-6-17/h17-18H,2-15H2,1H3. The Morgan fingerprint density at radius 2 is 1.80 bits per heavy atom. The van der Waals surface area contributed by atoms with E-state index in [2.05, 4.69) is 4.90 Å². The zero-order valence-corrected chi connectivity index (χ0v) is 15.6. The molecular weight excluding hydrogens is 318 g/mol. The summed E-state index contributed by atoms with van der Waals surface area (Å²) < 4.78 is 5.38. The molecule has 1 atom stereocenters. The summed E-state index contributed by atoms with van der Waals surface area (Å²) in [5, 5.41) is 0. The fourth-order valence-corrected chi connectivity index (χ4v) is 4.51. The van der Waals surface area contributed by atoms with Crippen molar-refractivity contribution in [3.63, 3.8) is 0 Å². The van der Waals surface area contributed by atoms with Gasteiger partial charge in [-0.2, -0.15) is 0 Å². The largest absolute Gasteiger partial charge is 0.379 e. The Hall–Kier alpha value is -1.14. The van der Waals surface area contributed by atoms with E-state index in [0.717, 1.165) is 78.2 Å².